The topological polar surface area (TPSA) is 78.9 Å². The van der Waals surface area contributed by atoms with Gasteiger partial charge < -0.3 is 14.2 Å². The van der Waals surface area contributed by atoms with Crippen LogP contribution in [0.5, 0.6) is 0 Å². The smallest absolute Gasteiger partial charge is 0.306 e. The summed E-state index contributed by atoms with van der Waals surface area (Å²) < 4.78 is 16.8. The summed E-state index contributed by atoms with van der Waals surface area (Å²) in [6, 6.07) is 0. The molecule has 0 N–H and O–H groups in total. The second-order valence-corrected chi connectivity index (χ2v) is 20.6. The molecule has 0 fully saturated rings. The summed E-state index contributed by atoms with van der Waals surface area (Å²) in [6.45, 7) is 6.53. The standard InChI is InChI=1S/C63H116O6/c1-4-7-10-13-16-19-21-23-25-26-27-28-29-30-31-32-33-34-35-36-37-39-40-42-44-47-50-53-56-62(65)68-59-60(58-67-61(64)55-52-49-46-18-15-12-9-6-3)69-63(66)57-54-51-48-45-43-41-38-24-22-20-17-14-11-8-5-2/h8,11,17,20,24,38,60H,4-7,9-10,12-16,18-19,21-23,25-37,39-59H2,1-3H3/b11-8-,20-17-,38-24-. The molecule has 0 aromatic rings. The van der Waals surface area contributed by atoms with E-state index < -0.39 is 6.10 Å². The molecule has 6 nitrogen and oxygen atoms in total. The molecular weight excluding hydrogens is 853 g/mol. The van der Waals surface area contributed by atoms with E-state index in [1.807, 2.05) is 0 Å². The van der Waals surface area contributed by atoms with Gasteiger partial charge in [-0.05, 0) is 51.4 Å². The second kappa shape index (κ2) is 58.2. The number of ether oxygens (including phenoxy) is 3. The fourth-order valence-corrected chi connectivity index (χ4v) is 9.11. The average molecular weight is 970 g/mol. The summed E-state index contributed by atoms with van der Waals surface area (Å²) in [5.41, 5.74) is 0. The Bertz CT molecular complexity index is 1160. The van der Waals surface area contributed by atoms with Crippen LogP contribution in [0, 0.1) is 0 Å². The Morgan fingerprint density at radius 1 is 0.304 bits per heavy atom. The van der Waals surface area contributed by atoms with E-state index in [2.05, 4.69) is 57.2 Å². The summed E-state index contributed by atoms with van der Waals surface area (Å²) in [6.07, 6.45) is 70.4. The normalized spacial score (nSPS) is 12.2. The molecule has 404 valence electrons. The lowest BCUT2D eigenvalue weighted by Gasteiger charge is -2.18. The van der Waals surface area contributed by atoms with Crippen molar-refractivity contribution >= 4 is 17.9 Å². The molecule has 0 aliphatic carbocycles. The molecule has 0 aromatic carbocycles. The Morgan fingerprint density at radius 2 is 0.565 bits per heavy atom. The highest BCUT2D eigenvalue weighted by atomic mass is 16.6. The largest absolute Gasteiger partial charge is 0.462 e. The van der Waals surface area contributed by atoms with Crippen LogP contribution in [-0.4, -0.2) is 37.2 Å². The van der Waals surface area contributed by atoms with E-state index in [9.17, 15) is 14.4 Å². The van der Waals surface area contributed by atoms with E-state index in [-0.39, 0.29) is 31.1 Å². The predicted octanol–water partition coefficient (Wildman–Crippen LogP) is 20.4. The first-order chi connectivity index (χ1) is 34.0. The van der Waals surface area contributed by atoms with Crippen LogP contribution in [0.15, 0.2) is 36.5 Å². The summed E-state index contributed by atoms with van der Waals surface area (Å²) in [5.74, 6) is -0.880. The lowest BCUT2D eigenvalue weighted by Crippen LogP contribution is -2.30. The van der Waals surface area contributed by atoms with Gasteiger partial charge in [-0.1, -0.05) is 295 Å². The molecule has 0 saturated carbocycles. The van der Waals surface area contributed by atoms with Crippen molar-refractivity contribution in [3.8, 4) is 0 Å². The van der Waals surface area contributed by atoms with Crippen LogP contribution in [-0.2, 0) is 28.6 Å². The number of allylic oxidation sites excluding steroid dienone is 6. The van der Waals surface area contributed by atoms with Crippen molar-refractivity contribution in [2.24, 2.45) is 0 Å². The molecule has 1 atom stereocenters. The maximum Gasteiger partial charge on any atom is 0.306 e. The zero-order chi connectivity index (χ0) is 50.0. The Hall–Kier alpha value is -2.37. The lowest BCUT2D eigenvalue weighted by molar-refractivity contribution is -0.167. The fraction of sp³-hybridized carbons (Fsp3) is 0.857. The van der Waals surface area contributed by atoms with Gasteiger partial charge in [0.2, 0.25) is 0 Å². The highest BCUT2D eigenvalue weighted by molar-refractivity contribution is 5.71. The third-order valence-corrected chi connectivity index (χ3v) is 13.7. The number of unbranched alkanes of at least 4 members (excludes halogenated alkanes) is 39. The molecule has 6 heteroatoms. The highest BCUT2D eigenvalue weighted by Gasteiger charge is 2.19. The molecule has 0 bridgehead atoms. The number of rotatable bonds is 56. The monoisotopic (exact) mass is 969 g/mol. The molecule has 0 saturated heterocycles. The second-order valence-electron chi connectivity index (χ2n) is 20.6. The molecule has 0 aliphatic rings. The van der Waals surface area contributed by atoms with Crippen LogP contribution in [0.2, 0.25) is 0 Å². The minimum atomic E-state index is -0.776. The first-order valence-corrected chi connectivity index (χ1v) is 30.5. The Kier molecular flexibility index (Phi) is 56.2. The van der Waals surface area contributed by atoms with E-state index >= 15 is 0 Å². The van der Waals surface area contributed by atoms with Gasteiger partial charge in [0.25, 0.3) is 0 Å². The molecule has 0 heterocycles. The van der Waals surface area contributed by atoms with Gasteiger partial charge in [-0.2, -0.15) is 0 Å². The average Bonchev–Trinajstić information content (AvgIpc) is 3.35. The molecule has 1 unspecified atom stereocenters. The SMILES string of the molecule is CC/C=C\C/C=C\C/C=C\CCCCCCCC(=O)OC(COC(=O)CCCCCCCCCC)COC(=O)CCCCCCCCCCCCCCCCCCCCCCCCCCCCCC. The van der Waals surface area contributed by atoms with Crippen LogP contribution in [0.25, 0.3) is 0 Å². The molecule has 0 rings (SSSR count). The van der Waals surface area contributed by atoms with Crippen LogP contribution in [0.1, 0.15) is 329 Å². The van der Waals surface area contributed by atoms with Crippen molar-refractivity contribution in [1.82, 2.24) is 0 Å². The third kappa shape index (κ3) is 56.4. The van der Waals surface area contributed by atoms with E-state index in [1.54, 1.807) is 0 Å². The van der Waals surface area contributed by atoms with Crippen molar-refractivity contribution in [2.75, 3.05) is 13.2 Å². The Balaban J connectivity index is 4.06. The third-order valence-electron chi connectivity index (χ3n) is 13.7. The van der Waals surface area contributed by atoms with Crippen molar-refractivity contribution in [1.29, 1.82) is 0 Å². The molecule has 0 radical (unpaired) electrons. The Morgan fingerprint density at radius 3 is 0.884 bits per heavy atom. The van der Waals surface area contributed by atoms with Gasteiger partial charge in [-0.15, -0.1) is 0 Å². The zero-order valence-electron chi connectivity index (χ0n) is 46.3. The van der Waals surface area contributed by atoms with E-state index in [0.717, 1.165) is 96.3 Å². The summed E-state index contributed by atoms with van der Waals surface area (Å²) in [7, 11) is 0. The van der Waals surface area contributed by atoms with Crippen LogP contribution < -0.4 is 0 Å². The van der Waals surface area contributed by atoms with Gasteiger partial charge in [0, 0.05) is 19.3 Å². The number of carbonyl (C=O) groups is 3. The van der Waals surface area contributed by atoms with Crippen LogP contribution in [0.4, 0.5) is 0 Å². The Labute approximate surface area is 429 Å². The molecule has 0 aromatic heterocycles. The first kappa shape index (κ1) is 66.6. The van der Waals surface area contributed by atoms with Crippen molar-refractivity contribution in [3.05, 3.63) is 36.5 Å². The summed E-state index contributed by atoms with van der Waals surface area (Å²) in [4.78, 5) is 38.0. The quantitative estimate of drug-likeness (QED) is 0.0261. The molecule has 0 spiro atoms. The van der Waals surface area contributed by atoms with Crippen molar-refractivity contribution in [2.45, 2.75) is 335 Å². The van der Waals surface area contributed by atoms with E-state index in [4.69, 9.17) is 14.2 Å². The zero-order valence-corrected chi connectivity index (χ0v) is 46.3. The van der Waals surface area contributed by atoms with Gasteiger partial charge in [0.1, 0.15) is 13.2 Å². The molecular formula is C63H116O6. The summed E-state index contributed by atoms with van der Waals surface area (Å²) >= 11 is 0. The van der Waals surface area contributed by atoms with Gasteiger partial charge in [-0.25, -0.2) is 0 Å². The lowest BCUT2D eigenvalue weighted by atomic mass is 10.0. The number of hydrogen-bond acceptors (Lipinski definition) is 6. The van der Waals surface area contributed by atoms with Gasteiger partial charge >= 0.3 is 17.9 Å². The fourth-order valence-electron chi connectivity index (χ4n) is 9.11. The summed E-state index contributed by atoms with van der Waals surface area (Å²) in [5, 5.41) is 0. The maximum atomic E-state index is 12.8. The van der Waals surface area contributed by atoms with Gasteiger partial charge in [0.15, 0.2) is 6.10 Å². The maximum absolute atomic E-state index is 12.8. The van der Waals surface area contributed by atoms with Crippen LogP contribution >= 0.6 is 0 Å². The number of esters is 3. The van der Waals surface area contributed by atoms with E-state index in [0.29, 0.717) is 19.3 Å². The first-order valence-electron chi connectivity index (χ1n) is 30.5. The van der Waals surface area contributed by atoms with Crippen molar-refractivity contribution < 1.29 is 28.6 Å². The molecule has 69 heavy (non-hydrogen) atoms. The van der Waals surface area contributed by atoms with E-state index in [1.165, 1.54) is 193 Å². The molecule has 0 aliphatic heterocycles. The number of hydrogen-bond donors (Lipinski definition) is 0. The minimum absolute atomic E-state index is 0.0750. The molecule has 0 amide bonds. The van der Waals surface area contributed by atoms with Crippen molar-refractivity contribution in [3.63, 3.8) is 0 Å². The number of carbonyl (C=O) groups excluding carboxylic acids is 3. The van der Waals surface area contributed by atoms with Gasteiger partial charge in [0.05, 0.1) is 0 Å². The predicted molar refractivity (Wildman–Crippen MR) is 298 cm³/mol. The van der Waals surface area contributed by atoms with Crippen LogP contribution in [0.3, 0.4) is 0 Å². The van der Waals surface area contributed by atoms with Gasteiger partial charge in [-0.3, -0.25) is 14.4 Å². The minimum Gasteiger partial charge on any atom is -0.462 e. The highest BCUT2D eigenvalue weighted by Crippen LogP contribution is 2.18.